The summed E-state index contributed by atoms with van der Waals surface area (Å²) in [6, 6.07) is 13.3. The largest absolute Gasteiger partial charge is 0.457 e. The molecule has 0 aliphatic rings. The van der Waals surface area contributed by atoms with E-state index in [0.717, 1.165) is 22.6 Å². The molecule has 0 fully saturated rings. The van der Waals surface area contributed by atoms with E-state index in [1.54, 1.807) is 6.08 Å². The number of rotatable bonds is 3. The Labute approximate surface area is 106 Å². The van der Waals surface area contributed by atoms with Gasteiger partial charge >= 0.3 is 0 Å². The Bertz CT molecular complexity index is 529. The van der Waals surface area contributed by atoms with Crippen LogP contribution >= 0.6 is 11.6 Å². The Morgan fingerprint density at radius 2 is 1.82 bits per heavy atom. The van der Waals surface area contributed by atoms with E-state index >= 15 is 0 Å². The van der Waals surface area contributed by atoms with Gasteiger partial charge in [0.05, 0.1) is 0 Å². The molecule has 0 aromatic heterocycles. The van der Waals surface area contributed by atoms with Gasteiger partial charge in [0.2, 0.25) is 0 Å². The number of hydrogen-bond donors (Lipinski definition) is 0. The lowest BCUT2D eigenvalue weighted by atomic mass is 10.1. The third-order valence-corrected chi connectivity index (χ3v) is 2.74. The molecular formula is C15H13ClO. The Hall–Kier alpha value is -1.73. The zero-order valence-corrected chi connectivity index (χ0v) is 10.4. The monoisotopic (exact) mass is 244 g/mol. The van der Waals surface area contributed by atoms with Gasteiger partial charge in [-0.25, -0.2) is 0 Å². The van der Waals surface area contributed by atoms with Crippen LogP contribution in [0.5, 0.6) is 11.5 Å². The van der Waals surface area contributed by atoms with E-state index in [1.165, 1.54) is 0 Å². The average Bonchev–Trinajstić information content (AvgIpc) is 2.35. The van der Waals surface area contributed by atoms with Crippen molar-refractivity contribution in [1.82, 2.24) is 0 Å². The second-order valence-corrected chi connectivity index (χ2v) is 4.22. The fourth-order valence-corrected chi connectivity index (χ4v) is 1.61. The topological polar surface area (TPSA) is 9.23 Å². The number of aryl methyl sites for hydroxylation is 1. The number of benzene rings is 2. The smallest absolute Gasteiger partial charge is 0.130 e. The van der Waals surface area contributed by atoms with Gasteiger partial charge in [-0.3, -0.25) is 0 Å². The van der Waals surface area contributed by atoms with Crippen molar-refractivity contribution >= 4 is 17.7 Å². The first-order valence-corrected chi connectivity index (χ1v) is 5.73. The SMILES string of the molecule is C=Cc1ccc(C)c(Oc2ccc(Cl)cc2)c1. The fraction of sp³-hybridized carbons (Fsp3) is 0.0667. The van der Waals surface area contributed by atoms with E-state index in [9.17, 15) is 0 Å². The lowest BCUT2D eigenvalue weighted by Gasteiger charge is -2.09. The van der Waals surface area contributed by atoms with E-state index in [1.807, 2.05) is 49.4 Å². The maximum Gasteiger partial charge on any atom is 0.130 e. The van der Waals surface area contributed by atoms with Crippen molar-refractivity contribution < 1.29 is 4.74 Å². The lowest BCUT2D eigenvalue weighted by Crippen LogP contribution is -1.88. The molecule has 0 bridgehead atoms. The highest BCUT2D eigenvalue weighted by molar-refractivity contribution is 6.30. The van der Waals surface area contributed by atoms with Crippen molar-refractivity contribution in [3.05, 3.63) is 65.2 Å². The number of hydrogen-bond acceptors (Lipinski definition) is 1. The Morgan fingerprint density at radius 1 is 1.12 bits per heavy atom. The van der Waals surface area contributed by atoms with Gasteiger partial charge in [-0.05, 0) is 48.4 Å². The van der Waals surface area contributed by atoms with Gasteiger partial charge in [0.1, 0.15) is 11.5 Å². The summed E-state index contributed by atoms with van der Waals surface area (Å²) in [5, 5.41) is 0.703. The summed E-state index contributed by atoms with van der Waals surface area (Å²) in [5.74, 6) is 1.61. The van der Waals surface area contributed by atoms with Crippen molar-refractivity contribution in [2.45, 2.75) is 6.92 Å². The molecule has 0 heterocycles. The van der Waals surface area contributed by atoms with E-state index in [0.29, 0.717) is 5.02 Å². The van der Waals surface area contributed by atoms with Crippen LogP contribution in [0.2, 0.25) is 5.02 Å². The lowest BCUT2D eigenvalue weighted by molar-refractivity contribution is 0.479. The minimum Gasteiger partial charge on any atom is -0.457 e. The zero-order valence-electron chi connectivity index (χ0n) is 9.61. The summed E-state index contributed by atoms with van der Waals surface area (Å²) in [4.78, 5) is 0. The summed E-state index contributed by atoms with van der Waals surface area (Å²) in [7, 11) is 0. The molecule has 2 rings (SSSR count). The van der Waals surface area contributed by atoms with Crippen LogP contribution in [0.25, 0.3) is 6.08 Å². The number of ether oxygens (including phenoxy) is 1. The molecule has 0 aliphatic carbocycles. The van der Waals surface area contributed by atoms with Gasteiger partial charge < -0.3 is 4.74 Å². The van der Waals surface area contributed by atoms with Gasteiger partial charge in [-0.2, -0.15) is 0 Å². The van der Waals surface area contributed by atoms with Crippen molar-refractivity contribution in [2.24, 2.45) is 0 Å². The maximum atomic E-state index is 5.82. The van der Waals surface area contributed by atoms with Crippen LogP contribution in [0.1, 0.15) is 11.1 Å². The van der Waals surface area contributed by atoms with E-state index in [-0.39, 0.29) is 0 Å². The molecule has 1 nitrogen and oxygen atoms in total. The fourth-order valence-electron chi connectivity index (χ4n) is 1.48. The first-order valence-electron chi connectivity index (χ1n) is 5.35. The van der Waals surface area contributed by atoms with Crippen molar-refractivity contribution in [2.75, 3.05) is 0 Å². The van der Waals surface area contributed by atoms with Crippen LogP contribution in [0.15, 0.2) is 49.0 Å². The molecule has 0 radical (unpaired) electrons. The predicted octanol–water partition coefficient (Wildman–Crippen LogP) is 5.08. The van der Waals surface area contributed by atoms with Crippen molar-refractivity contribution in [3.8, 4) is 11.5 Å². The molecule has 0 saturated carbocycles. The van der Waals surface area contributed by atoms with Gasteiger partial charge in [-0.1, -0.05) is 36.4 Å². The Balaban J connectivity index is 2.28. The van der Waals surface area contributed by atoms with Crippen LogP contribution in [0.3, 0.4) is 0 Å². The quantitative estimate of drug-likeness (QED) is 0.731. The maximum absolute atomic E-state index is 5.82. The Kier molecular flexibility index (Phi) is 3.50. The minimum absolute atomic E-state index is 0.703. The molecular weight excluding hydrogens is 232 g/mol. The minimum atomic E-state index is 0.703. The summed E-state index contributed by atoms with van der Waals surface area (Å²) in [6.45, 7) is 5.76. The van der Waals surface area contributed by atoms with Gasteiger partial charge in [0.25, 0.3) is 0 Å². The molecule has 17 heavy (non-hydrogen) atoms. The van der Waals surface area contributed by atoms with Gasteiger partial charge in [0.15, 0.2) is 0 Å². The highest BCUT2D eigenvalue weighted by atomic mass is 35.5. The highest BCUT2D eigenvalue weighted by Crippen LogP contribution is 2.27. The average molecular weight is 245 g/mol. The summed E-state index contributed by atoms with van der Waals surface area (Å²) < 4.78 is 5.80. The van der Waals surface area contributed by atoms with Crippen LogP contribution in [-0.2, 0) is 0 Å². The Morgan fingerprint density at radius 3 is 2.47 bits per heavy atom. The summed E-state index contributed by atoms with van der Waals surface area (Å²) in [6.07, 6.45) is 1.80. The molecule has 0 atom stereocenters. The van der Waals surface area contributed by atoms with Crippen molar-refractivity contribution in [1.29, 1.82) is 0 Å². The molecule has 2 aromatic carbocycles. The highest BCUT2D eigenvalue weighted by Gasteiger charge is 2.02. The molecule has 0 spiro atoms. The molecule has 0 unspecified atom stereocenters. The second-order valence-electron chi connectivity index (χ2n) is 3.79. The standard InChI is InChI=1S/C15H13ClO/c1-3-12-5-4-11(2)15(10-12)17-14-8-6-13(16)7-9-14/h3-10H,1H2,2H3. The summed E-state index contributed by atoms with van der Waals surface area (Å²) in [5.41, 5.74) is 2.13. The van der Waals surface area contributed by atoms with Crippen LogP contribution < -0.4 is 4.74 Å². The predicted molar refractivity (Wildman–Crippen MR) is 72.8 cm³/mol. The first kappa shape index (κ1) is 11.7. The first-order chi connectivity index (χ1) is 8.19. The zero-order chi connectivity index (χ0) is 12.3. The third kappa shape index (κ3) is 2.89. The van der Waals surface area contributed by atoms with Crippen molar-refractivity contribution in [3.63, 3.8) is 0 Å². The molecule has 2 heteroatoms. The molecule has 86 valence electrons. The van der Waals surface area contributed by atoms with E-state index < -0.39 is 0 Å². The molecule has 2 aromatic rings. The van der Waals surface area contributed by atoms with Crippen LogP contribution in [0, 0.1) is 6.92 Å². The van der Waals surface area contributed by atoms with Crippen LogP contribution in [0.4, 0.5) is 0 Å². The van der Waals surface area contributed by atoms with E-state index in [2.05, 4.69) is 6.58 Å². The molecule has 0 N–H and O–H groups in total. The second kappa shape index (κ2) is 5.07. The van der Waals surface area contributed by atoms with Gasteiger partial charge in [-0.15, -0.1) is 0 Å². The molecule has 0 amide bonds. The van der Waals surface area contributed by atoms with E-state index in [4.69, 9.17) is 16.3 Å². The van der Waals surface area contributed by atoms with Gasteiger partial charge in [0, 0.05) is 5.02 Å². The number of halogens is 1. The summed E-state index contributed by atoms with van der Waals surface area (Å²) >= 11 is 5.82. The molecule has 0 aliphatic heterocycles. The third-order valence-electron chi connectivity index (χ3n) is 2.49. The molecule has 0 saturated heterocycles. The van der Waals surface area contributed by atoms with Crippen LogP contribution in [-0.4, -0.2) is 0 Å². The normalized spacial score (nSPS) is 10.0.